The van der Waals surface area contributed by atoms with Gasteiger partial charge in [0, 0.05) is 24.0 Å². The van der Waals surface area contributed by atoms with Crippen LogP contribution in [0.3, 0.4) is 0 Å². The summed E-state index contributed by atoms with van der Waals surface area (Å²) in [7, 11) is 0. The number of benzene rings is 2. The van der Waals surface area contributed by atoms with Gasteiger partial charge in [0.25, 0.3) is 5.69 Å². The smallest absolute Gasteiger partial charge is 0.289 e. The Bertz CT molecular complexity index is 1350. The zero-order chi connectivity index (χ0) is 25.8. The van der Waals surface area contributed by atoms with Crippen LogP contribution in [0.4, 0.5) is 11.4 Å². The van der Waals surface area contributed by atoms with Gasteiger partial charge in [-0.2, -0.15) is 0 Å². The number of fused-ring (bicyclic) bond motifs is 5. The lowest BCUT2D eigenvalue weighted by atomic mass is 9.84. The van der Waals surface area contributed by atoms with Crippen molar-refractivity contribution in [2.75, 3.05) is 5.32 Å². The summed E-state index contributed by atoms with van der Waals surface area (Å²) in [5.41, 5.74) is 1.73. The second-order valence-corrected chi connectivity index (χ2v) is 10.5. The van der Waals surface area contributed by atoms with Crippen LogP contribution in [0.1, 0.15) is 49.3 Å². The molecule has 2 aromatic carbocycles. The zero-order valence-corrected chi connectivity index (χ0v) is 20.6. The van der Waals surface area contributed by atoms with Crippen LogP contribution in [-0.4, -0.2) is 44.5 Å². The fourth-order valence-electron chi connectivity index (χ4n) is 6.53. The van der Waals surface area contributed by atoms with Crippen LogP contribution in [0, 0.1) is 22.0 Å². The van der Waals surface area contributed by atoms with E-state index in [1.54, 1.807) is 6.20 Å². The molecular formula is C27H25ClN4O5. The Morgan fingerprint density at radius 2 is 1.76 bits per heavy atom. The first-order chi connectivity index (χ1) is 17.9. The molecule has 4 aliphatic rings. The van der Waals surface area contributed by atoms with E-state index < -0.39 is 34.7 Å². The van der Waals surface area contributed by atoms with Crippen molar-refractivity contribution in [2.24, 2.45) is 11.8 Å². The van der Waals surface area contributed by atoms with Crippen molar-refractivity contribution in [2.45, 2.75) is 50.2 Å². The lowest BCUT2D eigenvalue weighted by Crippen LogP contribution is -2.49. The van der Waals surface area contributed by atoms with Crippen LogP contribution in [0.15, 0.2) is 48.7 Å². The number of halogens is 1. The summed E-state index contributed by atoms with van der Waals surface area (Å²) < 4.78 is 0. The minimum absolute atomic E-state index is 0.0424. The van der Waals surface area contributed by atoms with Gasteiger partial charge < -0.3 is 10.2 Å². The number of likely N-dealkylation sites (tertiary alicyclic amines) is 1. The van der Waals surface area contributed by atoms with Gasteiger partial charge in [0.2, 0.25) is 17.7 Å². The van der Waals surface area contributed by atoms with Crippen molar-refractivity contribution in [3.05, 3.63) is 74.9 Å². The number of nitrogens with one attached hydrogen (secondary N) is 1. The van der Waals surface area contributed by atoms with Crippen LogP contribution in [0.2, 0.25) is 5.02 Å². The summed E-state index contributed by atoms with van der Waals surface area (Å²) in [5.74, 6) is -2.54. The van der Waals surface area contributed by atoms with Gasteiger partial charge in [-0.15, -0.1) is 0 Å². The molecule has 4 unspecified atom stereocenters. The highest BCUT2D eigenvalue weighted by Gasteiger charge is 2.65. The van der Waals surface area contributed by atoms with Crippen molar-refractivity contribution < 1.29 is 19.3 Å². The molecule has 3 aliphatic heterocycles. The molecule has 2 saturated heterocycles. The molecule has 0 bridgehead atoms. The quantitative estimate of drug-likeness (QED) is 0.360. The largest absolute Gasteiger partial charge is 0.357 e. The molecule has 1 saturated carbocycles. The van der Waals surface area contributed by atoms with Crippen LogP contribution in [-0.2, 0) is 14.4 Å². The van der Waals surface area contributed by atoms with E-state index in [1.165, 1.54) is 23.1 Å². The van der Waals surface area contributed by atoms with Crippen molar-refractivity contribution in [1.29, 1.82) is 0 Å². The Morgan fingerprint density at radius 1 is 1.03 bits per heavy atom. The van der Waals surface area contributed by atoms with Gasteiger partial charge in [-0.25, -0.2) is 0 Å². The standard InChI is InChI=1S/C27H25ClN4O5/c28-19-11-10-16(14-20(19)32(36)37)29-25(33)24-22-21(23-18-9-5-4-6-15(18)12-13-30(23)24)26(34)31(27(22)35)17-7-2-1-3-8-17/h4-6,9-14,17,21-24H,1-3,7-8H2,(H,29,33). The molecule has 3 heterocycles. The molecule has 37 heavy (non-hydrogen) atoms. The average molecular weight is 521 g/mol. The third kappa shape index (κ3) is 3.71. The number of nitro groups is 1. The van der Waals surface area contributed by atoms with Crippen LogP contribution in [0.25, 0.3) is 6.08 Å². The predicted molar refractivity (Wildman–Crippen MR) is 136 cm³/mol. The summed E-state index contributed by atoms with van der Waals surface area (Å²) in [4.78, 5) is 55.5. The number of hydrogen-bond acceptors (Lipinski definition) is 6. The summed E-state index contributed by atoms with van der Waals surface area (Å²) in [6, 6.07) is 10.2. The predicted octanol–water partition coefficient (Wildman–Crippen LogP) is 4.53. The molecule has 1 N–H and O–H groups in total. The van der Waals surface area contributed by atoms with Gasteiger partial charge in [0.1, 0.15) is 11.1 Å². The Labute approximate surface area is 218 Å². The Balaban J connectivity index is 1.39. The number of imide groups is 1. The molecule has 3 fully saturated rings. The van der Waals surface area contributed by atoms with Gasteiger partial charge in [-0.3, -0.25) is 29.4 Å². The van der Waals surface area contributed by atoms with Gasteiger partial charge in [0.05, 0.1) is 22.8 Å². The minimum atomic E-state index is -0.945. The molecule has 0 radical (unpaired) electrons. The number of nitrogens with zero attached hydrogens (tertiary/aromatic N) is 3. The molecule has 4 atom stereocenters. The molecule has 0 aromatic heterocycles. The second kappa shape index (κ2) is 8.99. The van der Waals surface area contributed by atoms with Gasteiger partial charge in [-0.05, 0) is 42.2 Å². The molecule has 9 nitrogen and oxygen atoms in total. The number of nitro benzene ring substituents is 1. The fourth-order valence-corrected chi connectivity index (χ4v) is 6.71. The molecular weight excluding hydrogens is 496 g/mol. The first kappa shape index (κ1) is 23.7. The number of amides is 3. The van der Waals surface area contributed by atoms with E-state index in [9.17, 15) is 24.5 Å². The monoisotopic (exact) mass is 520 g/mol. The zero-order valence-electron chi connectivity index (χ0n) is 19.9. The summed E-state index contributed by atoms with van der Waals surface area (Å²) in [5, 5.41) is 14.0. The lowest BCUT2D eigenvalue weighted by molar-refractivity contribution is -0.384. The minimum Gasteiger partial charge on any atom is -0.357 e. The van der Waals surface area contributed by atoms with Crippen molar-refractivity contribution in [3.8, 4) is 0 Å². The molecule has 1 aliphatic carbocycles. The highest BCUT2D eigenvalue weighted by Crippen LogP contribution is 2.53. The Hall–Kier alpha value is -3.72. The topological polar surface area (TPSA) is 113 Å². The lowest BCUT2D eigenvalue weighted by Gasteiger charge is -2.37. The van der Waals surface area contributed by atoms with Crippen molar-refractivity contribution in [3.63, 3.8) is 0 Å². The molecule has 190 valence electrons. The number of carbonyl (C=O) groups excluding carboxylic acids is 3. The molecule has 3 amide bonds. The van der Waals surface area contributed by atoms with E-state index in [0.717, 1.165) is 43.2 Å². The SMILES string of the molecule is O=C(Nc1ccc(Cl)c([N+](=O)[O-])c1)C1C2C(=O)N(C3CCCCC3)C(=O)C2C2c3ccccc3C=CN12. The maximum atomic E-state index is 13.9. The van der Waals surface area contributed by atoms with Gasteiger partial charge in [0.15, 0.2) is 0 Å². The number of carbonyl (C=O) groups is 3. The van der Waals surface area contributed by atoms with E-state index in [4.69, 9.17) is 11.6 Å². The van der Waals surface area contributed by atoms with Crippen LogP contribution >= 0.6 is 11.6 Å². The maximum Gasteiger partial charge on any atom is 0.289 e. The van der Waals surface area contributed by atoms with E-state index in [-0.39, 0.29) is 34.3 Å². The van der Waals surface area contributed by atoms with E-state index in [2.05, 4.69) is 5.32 Å². The van der Waals surface area contributed by atoms with E-state index in [0.29, 0.717) is 0 Å². The van der Waals surface area contributed by atoms with Crippen molar-refractivity contribution >= 4 is 46.8 Å². The second-order valence-electron chi connectivity index (χ2n) is 10.1. The number of anilines is 1. The van der Waals surface area contributed by atoms with E-state index >= 15 is 0 Å². The Kier molecular flexibility index (Phi) is 5.75. The maximum absolute atomic E-state index is 13.9. The number of hydrogen-bond donors (Lipinski definition) is 1. The first-order valence-corrected chi connectivity index (χ1v) is 12.9. The molecule has 0 spiro atoms. The number of rotatable bonds is 4. The van der Waals surface area contributed by atoms with Crippen molar-refractivity contribution in [1.82, 2.24) is 9.80 Å². The molecule has 6 rings (SSSR count). The highest BCUT2D eigenvalue weighted by atomic mass is 35.5. The normalized spacial score (nSPS) is 26.6. The third-order valence-corrected chi connectivity index (χ3v) is 8.43. The Morgan fingerprint density at radius 3 is 2.51 bits per heavy atom. The van der Waals surface area contributed by atoms with E-state index in [1.807, 2.05) is 35.2 Å². The first-order valence-electron chi connectivity index (χ1n) is 12.5. The fraction of sp³-hybridized carbons (Fsp3) is 0.370. The average Bonchev–Trinajstić information content (AvgIpc) is 3.38. The van der Waals surface area contributed by atoms with Gasteiger partial charge in [-0.1, -0.05) is 55.1 Å². The van der Waals surface area contributed by atoms with Crippen LogP contribution in [0.5, 0.6) is 0 Å². The van der Waals surface area contributed by atoms with Crippen LogP contribution < -0.4 is 5.32 Å². The summed E-state index contributed by atoms with van der Waals surface area (Å²) >= 11 is 5.93. The molecule has 10 heteroatoms. The molecule has 2 aromatic rings. The van der Waals surface area contributed by atoms with Gasteiger partial charge >= 0.3 is 0 Å². The highest BCUT2D eigenvalue weighted by molar-refractivity contribution is 6.32. The summed E-state index contributed by atoms with van der Waals surface area (Å²) in [6.45, 7) is 0. The summed E-state index contributed by atoms with van der Waals surface area (Å²) in [6.07, 6.45) is 8.26. The third-order valence-electron chi connectivity index (χ3n) is 8.11.